The lowest BCUT2D eigenvalue weighted by Crippen LogP contribution is -2.35. The second-order valence-corrected chi connectivity index (χ2v) is 4.52. The van der Waals surface area contributed by atoms with E-state index in [1.807, 2.05) is 0 Å². The van der Waals surface area contributed by atoms with E-state index in [1.54, 1.807) is 6.07 Å². The van der Waals surface area contributed by atoms with Gasteiger partial charge in [-0.25, -0.2) is 10.3 Å². The summed E-state index contributed by atoms with van der Waals surface area (Å²) in [6.45, 7) is 2.86. The van der Waals surface area contributed by atoms with Gasteiger partial charge in [0.1, 0.15) is 0 Å². The van der Waals surface area contributed by atoms with Gasteiger partial charge in [-0.3, -0.25) is 4.84 Å². The predicted molar refractivity (Wildman–Crippen MR) is 75.2 cm³/mol. The first-order chi connectivity index (χ1) is 9.63. The number of nitrogens with one attached hydrogen (secondary N) is 2. The van der Waals surface area contributed by atoms with Crippen LogP contribution in [0.1, 0.15) is 38.2 Å². The average molecular weight is 282 g/mol. The number of hydroxylamine groups is 1. The van der Waals surface area contributed by atoms with E-state index >= 15 is 0 Å². The third kappa shape index (κ3) is 6.29. The number of carbonyl (C=O) groups is 1. The maximum absolute atomic E-state index is 11.4. The van der Waals surface area contributed by atoms with Crippen LogP contribution in [0.4, 0.5) is 4.79 Å². The van der Waals surface area contributed by atoms with Gasteiger partial charge >= 0.3 is 6.03 Å². The van der Waals surface area contributed by atoms with E-state index in [9.17, 15) is 9.90 Å². The van der Waals surface area contributed by atoms with Crippen molar-refractivity contribution in [3.8, 4) is 11.5 Å². The molecule has 0 unspecified atom stereocenters. The molecule has 0 saturated carbocycles. The number of carbonyl (C=O) groups excluding carboxylic acids is 1. The molecule has 2 amide bonds. The Morgan fingerprint density at radius 3 is 2.70 bits per heavy atom. The third-order valence-corrected chi connectivity index (χ3v) is 2.76. The van der Waals surface area contributed by atoms with Gasteiger partial charge in [0, 0.05) is 6.54 Å². The molecule has 20 heavy (non-hydrogen) atoms. The molecule has 0 aliphatic carbocycles. The Labute approximate surface area is 118 Å². The lowest BCUT2D eigenvalue weighted by atomic mass is 10.2. The minimum absolute atomic E-state index is 0.186. The van der Waals surface area contributed by atoms with E-state index in [-0.39, 0.29) is 18.0 Å². The Morgan fingerprint density at radius 2 is 2.00 bits per heavy atom. The van der Waals surface area contributed by atoms with E-state index < -0.39 is 6.03 Å². The van der Waals surface area contributed by atoms with Crippen LogP contribution in [0.25, 0.3) is 0 Å². The summed E-state index contributed by atoms with van der Waals surface area (Å²) in [6, 6.07) is 3.93. The minimum Gasteiger partial charge on any atom is -0.504 e. The van der Waals surface area contributed by atoms with Crippen LogP contribution >= 0.6 is 0 Å². The fourth-order valence-corrected chi connectivity index (χ4v) is 1.61. The molecule has 4 N–H and O–H groups in total. The molecule has 0 radical (unpaired) electrons. The molecular weight excluding hydrogens is 260 g/mol. The SMILES string of the molecule is CCCCCCONC(=O)NCc1ccc(O)c(O)c1. The van der Waals surface area contributed by atoms with Gasteiger partial charge in [-0.05, 0) is 24.1 Å². The van der Waals surface area contributed by atoms with Crippen molar-refractivity contribution in [2.24, 2.45) is 0 Å². The summed E-state index contributed by atoms with van der Waals surface area (Å²) in [7, 11) is 0. The first kappa shape index (κ1) is 16.1. The maximum Gasteiger partial charge on any atom is 0.338 e. The summed E-state index contributed by atoms with van der Waals surface area (Å²) in [5.74, 6) is -0.398. The lowest BCUT2D eigenvalue weighted by molar-refractivity contribution is 0.0584. The van der Waals surface area contributed by atoms with Gasteiger partial charge in [-0.1, -0.05) is 32.3 Å². The van der Waals surface area contributed by atoms with E-state index in [2.05, 4.69) is 17.7 Å². The number of hydrogen-bond acceptors (Lipinski definition) is 4. The molecule has 0 spiro atoms. The summed E-state index contributed by atoms with van der Waals surface area (Å²) in [6.07, 6.45) is 4.33. The molecular formula is C14H22N2O4. The van der Waals surface area contributed by atoms with E-state index in [0.717, 1.165) is 19.3 Å². The van der Waals surface area contributed by atoms with Crippen LogP contribution in [0.15, 0.2) is 18.2 Å². The molecule has 1 aromatic rings. The number of aromatic hydroxyl groups is 2. The van der Waals surface area contributed by atoms with Crippen molar-refractivity contribution >= 4 is 6.03 Å². The maximum atomic E-state index is 11.4. The zero-order valence-corrected chi connectivity index (χ0v) is 11.7. The van der Waals surface area contributed by atoms with Crippen LogP contribution in [-0.2, 0) is 11.4 Å². The molecule has 0 aromatic heterocycles. The molecule has 1 aromatic carbocycles. The number of phenols is 2. The first-order valence-corrected chi connectivity index (χ1v) is 6.80. The van der Waals surface area contributed by atoms with Crippen molar-refractivity contribution < 1.29 is 19.8 Å². The Balaban J connectivity index is 2.15. The Hall–Kier alpha value is -1.95. The van der Waals surface area contributed by atoms with Gasteiger partial charge in [0.05, 0.1) is 6.61 Å². The van der Waals surface area contributed by atoms with Gasteiger partial charge in [-0.15, -0.1) is 0 Å². The topological polar surface area (TPSA) is 90.8 Å². The van der Waals surface area contributed by atoms with Crippen LogP contribution in [0.2, 0.25) is 0 Å². The fourth-order valence-electron chi connectivity index (χ4n) is 1.61. The number of phenolic OH excluding ortho intramolecular Hbond substituents is 2. The molecule has 0 aliphatic rings. The van der Waals surface area contributed by atoms with Crippen LogP contribution in [0.3, 0.4) is 0 Å². The summed E-state index contributed by atoms with van der Waals surface area (Å²) in [5.41, 5.74) is 2.97. The summed E-state index contributed by atoms with van der Waals surface area (Å²) in [5, 5.41) is 21.0. The number of rotatable bonds is 8. The normalized spacial score (nSPS) is 10.2. The standard InChI is InChI=1S/C14H22N2O4/c1-2-3-4-5-8-20-16-14(19)15-10-11-6-7-12(17)13(18)9-11/h6-7,9,17-18H,2-5,8,10H2,1H3,(H2,15,16,19). The van der Waals surface area contributed by atoms with Crippen molar-refractivity contribution in [1.29, 1.82) is 0 Å². The quantitative estimate of drug-likeness (QED) is 0.335. The number of unbranched alkanes of at least 4 members (excludes halogenated alkanes) is 3. The highest BCUT2D eigenvalue weighted by atomic mass is 16.7. The largest absolute Gasteiger partial charge is 0.504 e. The van der Waals surface area contributed by atoms with Crippen LogP contribution in [0, 0.1) is 0 Å². The second-order valence-electron chi connectivity index (χ2n) is 4.52. The summed E-state index contributed by atoms with van der Waals surface area (Å²) in [4.78, 5) is 16.4. The molecule has 0 bridgehead atoms. The first-order valence-electron chi connectivity index (χ1n) is 6.80. The molecule has 0 atom stereocenters. The lowest BCUT2D eigenvalue weighted by Gasteiger charge is -2.08. The molecule has 112 valence electrons. The molecule has 6 heteroatoms. The van der Waals surface area contributed by atoms with Gasteiger partial charge in [0.2, 0.25) is 0 Å². The second kappa shape index (κ2) is 9.03. The Morgan fingerprint density at radius 1 is 1.20 bits per heavy atom. The molecule has 0 fully saturated rings. The highest BCUT2D eigenvalue weighted by Gasteiger charge is 2.03. The van der Waals surface area contributed by atoms with Crippen molar-refractivity contribution in [2.45, 2.75) is 39.2 Å². The Kier molecular flexibility index (Phi) is 7.27. The van der Waals surface area contributed by atoms with Crippen molar-refractivity contribution in [3.05, 3.63) is 23.8 Å². The monoisotopic (exact) mass is 282 g/mol. The summed E-state index contributed by atoms with van der Waals surface area (Å²) >= 11 is 0. The van der Waals surface area contributed by atoms with Gasteiger partial charge < -0.3 is 15.5 Å². The predicted octanol–water partition coefficient (Wildman–Crippen LogP) is 2.41. The van der Waals surface area contributed by atoms with Crippen molar-refractivity contribution in [2.75, 3.05) is 6.61 Å². The fraction of sp³-hybridized carbons (Fsp3) is 0.500. The van der Waals surface area contributed by atoms with E-state index in [1.165, 1.54) is 18.6 Å². The van der Waals surface area contributed by atoms with Crippen LogP contribution in [0.5, 0.6) is 11.5 Å². The Bertz CT molecular complexity index is 424. The highest BCUT2D eigenvalue weighted by molar-refractivity contribution is 5.72. The summed E-state index contributed by atoms with van der Waals surface area (Å²) < 4.78 is 0. The van der Waals surface area contributed by atoms with Crippen molar-refractivity contribution in [3.63, 3.8) is 0 Å². The van der Waals surface area contributed by atoms with Crippen LogP contribution in [-0.4, -0.2) is 22.9 Å². The number of hydrogen-bond donors (Lipinski definition) is 4. The van der Waals surface area contributed by atoms with Gasteiger partial charge in [0.25, 0.3) is 0 Å². The van der Waals surface area contributed by atoms with Crippen molar-refractivity contribution in [1.82, 2.24) is 10.8 Å². The molecule has 0 aliphatic heterocycles. The number of amides is 2. The van der Waals surface area contributed by atoms with Gasteiger partial charge in [-0.2, -0.15) is 0 Å². The smallest absolute Gasteiger partial charge is 0.338 e. The number of benzene rings is 1. The minimum atomic E-state index is -0.437. The number of urea groups is 1. The third-order valence-electron chi connectivity index (χ3n) is 2.76. The molecule has 1 rings (SSSR count). The molecule has 0 saturated heterocycles. The van der Waals surface area contributed by atoms with E-state index in [4.69, 9.17) is 9.94 Å². The van der Waals surface area contributed by atoms with Gasteiger partial charge in [0.15, 0.2) is 11.5 Å². The average Bonchev–Trinajstić information content (AvgIpc) is 2.44. The van der Waals surface area contributed by atoms with Crippen LogP contribution < -0.4 is 10.8 Å². The van der Waals surface area contributed by atoms with E-state index in [0.29, 0.717) is 12.2 Å². The molecule has 6 nitrogen and oxygen atoms in total. The highest BCUT2D eigenvalue weighted by Crippen LogP contribution is 2.24. The zero-order valence-electron chi connectivity index (χ0n) is 11.7. The zero-order chi connectivity index (χ0) is 14.8. The molecule has 0 heterocycles.